The van der Waals surface area contributed by atoms with E-state index in [0.29, 0.717) is 5.75 Å². The third-order valence-electron chi connectivity index (χ3n) is 3.06. The third kappa shape index (κ3) is 4.27. The lowest BCUT2D eigenvalue weighted by Crippen LogP contribution is -2.37. The molecule has 0 amide bonds. The Hall–Kier alpha value is -1.46. The van der Waals surface area contributed by atoms with E-state index < -0.39 is 11.6 Å². The van der Waals surface area contributed by atoms with E-state index in [4.69, 9.17) is 9.84 Å². The van der Waals surface area contributed by atoms with E-state index in [9.17, 15) is 4.79 Å². The van der Waals surface area contributed by atoms with Gasteiger partial charge in [0.2, 0.25) is 0 Å². The molecule has 3 nitrogen and oxygen atoms in total. The Morgan fingerprint density at radius 3 is 2.41 bits per heavy atom. The number of rotatable bonds is 6. The van der Waals surface area contributed by atoms with Crippen molar-refractivity contribution < 1.29 is 14.6 Å². The van der Waals surface area contributed by atoms with Gasteiger partial charge in [-0.15, -0.1) is 0 Å². The maximum atomic E-state index is 11.1. The summed E-state index contributed by atoms with van der Waals surface area (Å²) in [6, 6.07) is 15.7. The zero-order valence-electron chi connectivity index (χ0n) is 12.4. The van der Waals surface area contributed by atoms with E-state index in [1.807, 2.05) is 24.3 Å². The summed E-state index contributed by atoms with van der Waals surface area (Å²) >= 11 is 5.16. The SMILES string of the molecule is CC(C)(Oc1ccc(Sc2ccccc2CBr)cc1)C(=O)O. The molecule has 1 N–H and O–H groups in total. The fourth-order valence-corrected chi connectivity index (χ4v) is 3.37. The number of halogens is 1. The van der Waals surface area contributed by atoms with Crippen LogP contribution in [0.15, 0.2) is 58.3 Å². The van der Waals surface area contributed by atoms with Crippen LogP contribution in [0.2, 0.25) is 0 Å². The molecule has 116 valence electrons. The molecule has 0 bridgehead atoms. The van der Waals surface area contributed by atoms with Gasteiger partial charge in [-0.3, -0.25) is 0 Å². The maximum Gasteiger partial charge on any atom is 0.347 e. The summed E-state index contributed by atoms with van der Waals surface area (Å²) in [5.41, 5.74) is -0.00291. The predicted octanol–water partition coefficient (Wildman–Crippen LogP) is 4.97. The highest BCUT2D eigenvalue weighted by Crippen LogP contribution is 2.32. The first-order valence-electron chi connectivity index (χ1n) is 6.76. The molecule has 0 spiro atoms. The standard InChI is InChI=1S/C17H17BrO3S/c1-17(2,16(19)20)21-13-7-9-14(10-8-13)22-15-6-4-3-5-12(15)11-18/h3-10H,11H2,1-2H3,(H,19,20). The number of hydrogen-bond donors (Lipinski definition) is 1. The van der Waals surface area contributed by atoms with Crippen LogP contribution in [-0.2, 0) is 10.1 Å². The van der Waals surface area contributed by atoms with Gasteiger partial charge in [0.25, 0.3) is 0 Å². The predicted molar refractivity (Wildman–Crippen MR) is 92.0 cm³/mol. The highest BCUT2D eigenvalue weighted by Gasteiger charge is 2.29. The molecule has 0 aliphatic heterocycles. The molecule has 0 fully saturated rings. The highest BCUT2D eigenvalue weighted by atomic mass is 79.9. The van der Waals surface area contributed by atoms with Gasteiger partial charge in [-0.1, -0.05) is 45.9 Å². The second kappa shape index (κ2) is 7.20. The summed E-state index contributed by atoms with van der Waals surface area (Å²) in [4.78, 5) is 13.3. The average Bonchev–Trinajstić information content (AvgIpc) is 2.49. The van der Waals surface area contributed by atoms with Gasteiger partial charge in [0.1, 0.15) is 5.75 Å². The van der Waals surface area contributed by atoms with Crippen molar-refractivity contribution >= 4 is 33.7 Å². The zero-order valence-corrected chi connectivity index (χ0v) is 14.8. The van der Waals surface area contributed by atoms with Crippen molar-refractivity contribution in [3.63, 3.8) is 0 Å². The second-order valence-corrected chi connectivity index (χ2v) is 6.91. The van der Waals surface area contributed by atoms with Crippen molar-refractivity contribution in [2.45, 2.75) is 34.6 Å². The van der Waals surface area contributed by atoms with E-state index in [-0.39, 0.29) is 0 Å². The molecular formula is C17H17BrO3S. The molecule has 0 radical (unpaired) electrons. The Bertz CT molecular complexity index is 653. The lowest BCUT2D eigenvalue weighted by molar-refractivity contribution is -0.152. The molecule has 2 rings (SSSR count). The maximum absolute atomic E-state index is 11.1. The van der Waals surface area contributed by atoms with Crippen LogP contribution in [0.4, 0.5) is 0 Å². The van der Waals surface area contributed by atoms with E-state index in [1.165, 1.54) is 24.3 Å². The smallest absolute Gasteiger partial charge is 0.347 e. The van der Waals surface area contributed by atoms with Crippen molar-refractivity contribution in [2.24, 2.45) is 0 Å². The summed E-state index contributed by atoms with van der Waals surface area (Å²) < 4.78 is 5.50. The minimum absolute atomic E-state index is 0.547. The number of carbonyl (C=O) groups is 1. The molecule has 0 heterocycles. The summed E-state index contributed by atoms with van der Waals surface area (Å²) in [6.07, 6.45) is 0. The van der Waals surface area contributed by atoms with E-state index in [1.54, 1.807) is 23.9 Å². The first kappa shape index (κ1) is 16.9. The van der Waals surface area contributed by atoms with Gasteiger partial charge in [0.05, 0.1) is 0 Å². The largest absolute Gasteiger partial charge is 0.478 e. The van der Waals surface area contributed by atoms with E-state index in [0.717, 1.165) is 10.2 Å². The Kier molecular flexibility index (Phi) is 5.53. The van der Waals surface area contributed by atoms with E-state index >= 15 is 0 Å². The number of alkyl halides is 1. The van der Waals surface area contributed by atoms with Crippen molar-refractivity contribution in [1.29, 1.82) is 0 Å². The quantitative estimate of drug-likeness (QED) is 0.718. The van der Waals surface area contributed by atoms with Gasteiger partial charge in [-0.25, -0.2) is 4.79 Å². The van der Waals surface area contributed by atoms with Crippen LogP contribution in [0.3, 0.4) is 0 Å². The van der Waals surface area contributed by atoms with Crippen LogP contribution in [0.25, 0.3) is 0 Å². The first-order valence-corrected chi connectivity index (χ1v) is 8.70. The Labute approximate surface area is 142 Å². The van der Waals surface area contributed by atoms with Crippen LogP contribution in [0.5, 0.6) is 5.75 Å². The Morgan fingerprint density at radius 1 is 1.18 bits per heavy atom. The molecule has 0 saturated carbocycles. The Morgan fingerprint density at radius 2 is 1.82 bits per heavy atom. The van der Waals surface area contributed by atoms with Gasteiger partial charge in [-0.2, -0.15) is 0 Å². The molecule has 0 atom stereocenters. The van der Waals surface area contributed by atoms with Crippen LogP contribution in [0, 0.1) is 0 Å². The monoisotopic (exact) mass is 380 g/mol. The molecule has 0 aliphatic carbocycles. The fraction of sp³-hybridized carbons (Fsp3) is 0.235. The fourth-order valence-electron chi connectivity index (χ4n) is 1.75. The van der Waals surface area contributed by atoms with Gasteiger partial charge < -0.3 is 9.84 Å². The lowest BCUT2D eigenvalue weighted by atomic mass is 10.1. The van der Waals surface area contributed by atoms with Crippen molar-refractivity contribution in [3.05, 3.63) is 54.1 Å². The van der Waals surface area contributed by atoms with Crippen LogP contribution in [0.1, 0.15) is 19.4 Å². The molecule has 0 aromatic heterocycles. The van der Waals surface area contributed by atoms with Gasteiger partial charge in [0, 0.05) is 15.1 Å². The minimum atomic E-state index is -1.24. The summed E-state index contributed by atoms with van der Waals surface area (Å²) in [5.74, 6) is -0.442. The molecule has 0 aliphatic rings. The second-order valence-electron chi connectivity index (χ2n) is 5.23. The first-order chi connectivity index (χ1) is 10.4. The molecule has 0 unspecified atom stereocenters. The zero-order chi connectivity index (χ0) is 16.2. The topological polar surface area (TPSA) is 46.5 Å². The summed E-state index contributed by atoms with van der Waals surface area (Å²) in [6.45, 7) is 3.06. The number of hydrogen-bond acceptors (Lipinski definition) is 3. The van der Waals surface area contributed by atoms with Crippen molar-refractivity contribution in [2.75, 3.05) is 0 Å². The van der Waals surface area contributed by atoms with Crippen LogP contribution >= 0.6 is 27.7 Å². The van der Waals surface area contributed by atoms with Crippen molar-refractivity contribution in [1.82, 2.24) is 0 Å². The van der Waals surface area contributed by atoms with Crippen LogP contribution in [-0.4, -0.2) is 16.7 Å². The summed E-state index contributed by atoms with van der Waals surface area (Å²) in [5, 5.41) is 9.89. The summed E-state index contributed by atoms with van der Waals surface area (Å²) in [7, 11) is 0. The van der Waals surface area contributed by atoms with E-state index in [2.05, 4.69) is 28.1 Å². The number of carboxylic acid groups (broad SMARTS) is 1. The molecule has 2 aromatic carbocycles. The average molecular weight is 381 g/mol. The molecular weight excluding hydrogens is 364 g/mol. The van der Waals surface area contributed by atoms with Gasteiger partial charge >= 0.3 is 5.97 Å². The lowest BCUT2D eigenvalue weighted by Gasteiger charge is -2.21. The third-order valence-corrected chi connectivity index (χ3v) is 4.79. The van der Waals surface area contributed by atoms with Gasteiger partial charge in [0.15, 0.2) is 5.60 Å². The number of aliphatic carboxylic acids is 1. The molecule has 5 heteroatoms. The van der Waals surface area contributed by atoms with Crippen LogP contribution < -0.4 is 4.74 Å². The molecule has 2 aromatic rings. The van der Waals surface area contributed by atoms with Crippen molar-refractivity contribution in [3.8, 4) is 5.75 Å². The van der Waals surface area contributed by atoms with Gasteiger partial charge in [-0.05, 0) is 49.7 Å². The highest BCUT2D eigenvalue weighted by molar-refractivity contribution is 9.08. The Balaban J connectivity index is 2.11. The molecule has 0 saturated heterocycles. The number of carboxylic acids is 1. The molecule has 22 heavy (non-hydrogen) atoms. The number of ether oxygens (including phenoxy) is 1. The number of benzene rings is 2. The normalized spacial score (nSPS) is 11.2. The minimum Gasteiger partial charge on any atom is -0.478 e.